The lowest BCUT2D eigenvalue weighted by atomic mass is 10.0. The molecule has 4 atom stereocenters. The first-order valence-corrected chi connectivity index (χ1v) is 11.6. The minimum Gasteiger partial charge on any atom is -0.468 e. The number of ether oxygens (including phenoxy) is 1. The van der Waals surface area contributed by atoms with E-state index in [2.05, 4.69) is 4.74 Å². The molecule has 7 heteroatoms. The van der Waals surface area contributed by atoms with Crippen molar-refractivity contribution in [3.8, 4) is 0 Å². The molecule has 1 aromatic carbocycles. The number of carbonyl (C=O) groups is 2. The Morgan fingerprint density at radius 1 is 1.32 bits per heavy atom. The molecule has 0 radical (unpaired) electrons. The van der Waals surface area contributed by atoms with Crippen molar-refractivity contribution in [1.82, 2.24) is 0 Å². The van der Waals surface area contributed by atoms with E-state index in [0.717, 1.165) is 23.5 Å². The van der Waals surface area contributed by atoms with Crippen LogP contribution in [-0.4, -0.2) is 63.8 Å². The van der Waals surface area contributed by atoms with Gasteiger partial charge in [0.1, 0.15) is 5.78 Å². The summed E-state index contributed by atoms with van der Waals surface area (Å²) in [5.74, 6) is 1.51. The minimum atomic E-state index is -0.695. The van der Waals surface area contributed by atoms with Crippen LogP contribution in [0.5, 0.6) is 0 Å². The van der Waals surface area contributed by atoms with Crippen LogP contribution >= 0.6 is 23.5 Å². The first-order chi connectivity index (χ1) is 13.5. The second-order valence-corrected chi connectivity index (χ2v) is 9.09. The van der Waals surface area contributed by atoms with Gasteiger partial charge in [0, 0.05) is 18.8 Å². The summed E-state index contributed by atoms with van der Waals surface area (Å²) in [6.45, 7) is 0. The van der Waals surface area contributed by atoms with E-state index < -0.39 is 12.2 Å². The molecule has 2 N–H and O–H groups in total. The monoisotopic (exact) mass is 424 g/mol. The molecule has 2 rings (SSSR count). The third kappa shape index (κ3) is 7.62. The van der Waals surface area contributed by atoms with E-state index in [4.69, 9.17) is 0 Å². The molecule has 1 aromatic rings. The number of esters is 1. The van der Waals surface area contributed by atoms with Crippen LogP contribution in [0.4, 0.5) is 0 Å². The van der Waals surface area contributed by atoms with Crippen LogP contribution in [0.25, 0.3) is 0 Å². The number of thioether (sulfide) groups is 2. The predicted molar refractivity (Wildman–Crippen MR) is 115 cm³/mol. The highest BCUT2D eigenvalue weighted by molar-refractivity contribution is 8.01. The minimum absolute atomic E-state index is 0.0620. The maximum Gasteiger partial charge on any atom is 0.315 e. The molecule has 0 heterocycles. The van der Waals surface area contributed by atoms with Gasteiger partial charge >= 0.3 is 5.97 Å². The van der Waals surface area contributed by atoms with Crippen LogP contribution in [-0.2, 0) is 20.7 Å². The number of aliphatic hydroxyl groups excluding tert-OH is 2. The highest BCUT2D eigenvalue weighted by Crippen LogP contribution is 2.34. The molecule has 0 amide bonds. The van der Waals surface area contributed by atoms with E-state index in [1.807, 2.05) is 30.3 Å². The Hall–Kier alpha value is -1.28. The van der Waals surface area contributed by atoms with Crippen molar-refractivity contribution in [2.45, 2.75) is 36.7 Å². The Bertz CT molecular complexity index is 649. The zero-order valence-electron chi connectivity index (χ0n) is 16.0. The number of ketones is 1. The Morgan fingerprint density at radius 2 is 2.07 bits per heavy atom. The van der Waals surface area contributed by atoms with Gasteiger partial charge < -0.3 is 14.9 Å². The van der Waals surface area contributed by atoms with Gasteiger partial charge in [-0.1, -0.05) is 42.5 Å². The van der Waals surface area contributed by atoms with Crippen LogP contribution in [0.2, 0.25) is 0 Å². The van der Waals surface area contributed by atoms with E-state index in [-0.39, 0.29) is 29.3 Å². The molecule has 1 aliphatic carbocycles. The first-order valence-electron chi connectivity index (χ1n) is 9.38. The number of rotatable bonds is 11. The molecule has 0 saturated heterocycles. The van der Waals surface area contributed by atoms with Crippen molar-refractivity contribution in [1.29, 1.82) is 0 Å². The molecule has 0 aliphatic heterocycles. The van der Waals surface area contributed by atoms with Crippen LogP contribution in [0.3, 0.4) is 0 Å². The summed E-state index contributed by atoms with van der Waals surface area (Å²) in [6, 6.07) is 9.72. The lowest BCUT2D eigenvalue weighted by Gasteiger charge is -2.17. The van der Waals surface area contributed by atoms with Crippen molar-refractivity contribution >= 4 is 35.3 Å². The van der Waals surface area contributed by atoms with Gasteiger partial charge in [-0.3, -0.25) is 9.59 Å². The van der Waals surface area contributed by atoms with Gasteiger partial charge in [-0.25, -0.2) is 0 Å². The summed E-state index contributed by atoms with van der Waals surface area (Å²) in [4.78, 5) is 23.3. The highest BCUT2D eigenvalue weighted by Gasteiger charge is 2.40. The van der Waals surface area contributed by atoms with Crippen molar-refractivity contribution in [2.75, 3.05) is 24.4 Å². The molecule has 1 aliphatic rings. The van der Waals surface area contributed by atoms with Crippen LogP contribution in [0.1, 0.15) is 18.4 Å². The fourth-order valence-electron chi connectivity index (χ4n) is 3.07. The van der Waals surface area contributed by atoms with Crippen molar-refractivity contribution < 1.29 is 24.5 Å². The fraction of sp³-hybridized carbons (Fsp3) is 0.524. The number of benzene rings is 1. The second kappa shape index (κ2) is 12.3. The van der Waals surface area contributed by atoms with E-state index in [1.54, 1.807) is 23.9 Å². The summed E-state index contributed by atoms with van der Waals surface area (Å²) < 4.78 is 4.60. The summed E-state index contributed by atoms with van der Waals surface area (Å²) in [6.07, 6.45) is 3.69. The summed E-state index contributed by atoms with van der Waals surface area (Å²) in [7, 11) is 1.38. The maximum absolute atomic E-state index is 12.2. The van der Waals surface area contributed by atoms with Gasteiger partial charge in [-0.2, -0.15) is 11.8 Å². The maximum atomic E-state index is 12.2. The number of carbonyl (C=O) groups excluding carboxylic acids is 2. The third-order valence-corrected chi connectivity index (χ3v) is 7.02. The first kappa shape index (κ1) is 23.0. The Balaban J connectivity index is 1.79. The Labute approximate surface area is 174 Å². The van der Waals surface area contributed by atoms with Crippen molar-refractivity contribution in [3.63, 3.8) is 0 Å². The third-order valence-electron chi connectivity index (χ3n) is 4.54. The number of hydrogen-bond donors (Lipinski definition) is 2. The van der Waals surface area contributed by atoms with Crippen molar-refractivity contribution in [3.05, 3.63) is 48.0 Å². The fourth-order valence-corrected chi connectivity index (χ4v) is 5.38. The zero-order valence-corrected chi connectivity index (χ0v) is 17.7. The molecule has 0 bridgehead atoms. The average molecular weight is 425 g/mol. The van der Waals surface area contributed by atoms with Crippen LogP contribution < -0.4 is 0 Å². The number of methoxy groups -OCH3 is 1. The molecule has 1 saturated carbocycles. The standard InChI is InChI=1S/C21H28O5S2/c1-26-20(25)14-27-10-5-11-28-21-17(18(23)13-19(21)24)9-8-16(22)12-15-6-3-2-4-7-15/h2-4,6-9,16-18,21-23H,5,10-14H2,1H3/b9-8+/t16?,17-,18+,21+/m0/s1. The van der Waals surface area contributed by atoms with E-state index >= 15 is 0 Å². The molecule has 5 nitrogen and oxygen atoms in total. The zero-order chi connectivity index (χ0) is 20.4. The predicted octanol–water partition coefficient (Wildman–Crippen LogP) is 2.49. The normalized spacial score (nSPS) is 23.2. The SMILES string of the molecule is COC(=O)CSCCCS[C@H]1C(=O)C[C@@H](O)[C@@H]1/C=C/C(O)Cc1ccccc1. The quantitative estimate of drug-likeness (QED) is 0.321. The Kier molecular flexibility index (Phi) is 10.1. The molecule has 28 heavy (non-hydrogen) atoms. The van der Waals surface area contributed by atoms with Gasteiger partial charge in [0.15, 0.2) is 0 Å². The topological polar surface area (TPSA) is 83.8 Å². The molecule has 1 fully saturated rings. The summed E-state index contributed by atoms with van der Waals surface area (Å²) >= 11 is 3.07. The highest BCUT2D eigenvalue weighted by atomic mass is 32.2. The number of hydrogen-bond acceptors (Lipinski definition) is 7. The van der Waals surface area contributed by atoms with Gasteiger partial charge in [0.25, 0.3) is 0 Å². The molecular formula is C21H28O5S2. The molecule has 0 aromatic heterocycles. The molecular weight excluding hydrogens is 396 g/mol. The Morgan fingerprint density at radius 3 is 2.79 bits per heavy atom. The van der Waals surface area contributed by atoms with Crippen molar-refractivity contribution in [2.24, 2.45) is 5.92 Å². The average Bonchev–Trinajstić information content (AvgIpc) is 2.96. The number of Topliss-reactive ketones (excluding diaryl/α,β-unsaturated/α-hetero) is 1. The smallest absolute Gasteiger partial charge is 0.315 e. The van der Waals surface area contributed by atoms with E-state index in [1.165, 1.54) is 18.9 Å². The summed E-state index contributed by atoms with van der Waals surface area (Å²) in [5.41, 5.74) is 1.04. The lowest BCUT2D eigenvalue weighted by molar-refractivity contribution is -0.137. The van der Waals surface area contributed by atoms with Gasteiger partial charge in [0.2, 0.25) is 0 Å². The van der Waals surface area contributed by atoms with Crippen LogP contribution in [0.15, 0.2) is 42.5 Å². The lowest BCUT2D eigenvalue weighted by Crippen LogP contribution is -2.22. The van der Waals surface area contributed by atoms with E-state index in [9.17, 15) is 19.8 Å². The van der Waals surface area contributed by atoms with E-state index in [0.29, 0.717) is 12.2 Å². The van der Waals surface area contributed by atoms with Gasteiger partial charge in [-0.15, -0.1) is 11.8 Å². The molecule has 1 unspecified atom stereocenters. The van der Waals surface area contributed by atoms with Gasteiger partial charge in [-0.05, 0) is 23.5 Å². The summed E-state index contributed by atoms with van der Waals surface area (Å²) in [5, 5.41) is 20.2. The largest absolute Gasteiger partial charge is 0.468 e. The number of aliphatic hydroxyl groups is 2. The second-order valence-electron chi connectivity index (χ2n) is 6.73. The molecule has 154 valence electrons. The van der Waals surface area contributed by atoms with Crippen LogP contribution in [0, 0.1) is 5.92 Å². The van der Waals surface area contributed by atoms with Gasteiger partial charge in [0.05, 0.1) is 30.3 Å². The molecule has 0 spiro atoms.